The lowest BCUT2D eigenvalue weighted by molar-refractivity contribution is -0.136. The first kappa shape index (κ1) is 17.8. The van der Waals surface area contributed by atoms with Crippen molar-refractivity contribution >= 4 is 22.8 Å². The first-order valence-electron chi connectivity index (χ1n) is 7.89. The van der Waals surface area contributed by atoms with E-state index in [-0.39, 0.29) is 29.0 Å². The maximum Gasteiger partial charge on any atom is 0.417 e. The molecule has 3 rings (SSSR count). The minimum Gasteiger partial charge on any atom is -0.309 e. The van der Waals surface area contributed by atoms with Crippen molar-refractivity contribution < 1.29 is 18.0 Å². The molecule has 1 amide bonds. The molecule has 3 aromatic rings. The monoisotopic (exact) mass is 363 g/mol. The van der Waals surface area contributed by atoms with Crippen LogP contribution in [0.2, 0.25) is 0 Å². The first-order chi connectivity index (χ1) is 12.2. The Kier molecular flexibility index (Phi) is 4.62. The van der Waals surface area contributed by atoms with Crippen LogP contribution in [0.3, 0.4) is 0 Å². The third-order valence-corrected chi connectivity index (χ3v) is 3.78. The molecule has 6 nitrogen and oxygen atoms in total. The number of carbonyl (C=O) groups excluding carboxylic acids is 1. The van der Waals surface area contributed by atoms with Crippen molar-refractivity contribution in [3.05, 3.63) is 46.9 Å². The van der Waals surface area contributed by atoms with E-state index in [0.29, 0.717) is 6.42 Å². The van der Waals surface area contributed by atoms with Gasteiger partial charge < -0.3 is 5.32 Å². The number of nitrogens with one attached hydrogen (secondary N) is 2. The van der Waals surface area contributed by atoms with Crippen molar-refractivity contribution in [3.63, 3.8) is 0 Å². The number of pyridine rings is 2. The zero-order chi connectivity index (χ0) is 18.9. The molecule has 0 fully saturated rings. The van der Waals surface area contributed by atoms with Gasteiger partial charge in [0.05, 0.1) is 10.9 Å². The van der Waals surface area contributed by atoms with Gasteiger partial charge in [-0.15, -0.1) is 0 Å². The van der Waals surface area contributed by atoms with Crippen molar-refractivity contribution in [2.24, 2.45) is 0 Å². The average Bonchev–Trinajstić information content (AvgIpc) is 2.94. The number of halogens is 3. The highest BCUT2D eigenvalue weighted by molar-refractivity contribution is 6.00. The van der Waals surface area contributed by atoms with Crippen LogP contribution in [0.4, 0.5) is 19.0 Å². The Hall–Kier alpha value is -2.97. The molecule has 9 heteroatoms. The van der Waals surface area contributed by atoms with Crippen LogP contribution in [0.15, 0.2) is 24.3 Å². The molecule has 0 saturated heterocycles. The lowest BCUT2D eigenvalue weighted by Gasteiger charge is -2.10. The second kappa shape index (κ2) is 6.74. The SMILES string of the molecule is Cc1cccc(CCC(=O)Nc2n[nH]c3nc(C)cc(C(F)(F)F)c23)n1. The second-order valence-electron chi connectivity index (χ2n) is 5.92. The molecule has 0 aliphatic carbocycles. The third-order valence-electron chi connectivity index (χ3n) is 3.78. The second-order valence-corrected chi connectivity index (χ2v) is 5.92. The summed E-state index contributed by atoms with van der Waals surface area (Å²) < 4.78 is 39.9. The molecule has 0 atom stereocenters. The van der Waals surface area contributed by atoms with Crippen LogP contribution < -0.4 is 5.32 Å². The largest absolute Gasteiger partial charge is 0.417 e. The van der Waals surface area contributed by atoms with Crippen LogP contribution in [-0.4, -0.2) is 26.1 Å². The molecule has 3 aromatic heterocycles. The van der Waals surface area contributed by atoms with Crippen molar-refractivity contribution in [3.8, 4) is 0 Å². The molecule has 26 heavy (non-hydrogen) atoms. The van der Waals surface area contributed by atoms with Crippen LogP contribution in [0.1, 0.15) is 29.1 Å². The van der Waals surface area contributed by atoms with Gasteiger partial charge in [-0.25, -0.2) is 4.98 Å². The summed E-state index contributed by atoms with van der Waals surface area (Å²) in [6.07, 6.45) is -4.13. The molecule has 0 unspecified atom stereocenters. The lowest BCUT2D eigenvalue weighted by atomic mass is 10.1. The number of anilines is 1. The molecule has 2 N–H and O–H groups in total. The van der Waals surface area contributed by atoms with Gasteiger partial charge in [0.2, 0.25) is 5.91 Å². The number of aromatic nitrogens is 4. The highest BCUT2D eigenvalue weighted by atomic mass is 19.4. The van der Waals surface area contributed by atoms with Crippen LogP contribution in [0.5, 0.6) is 0 Å². The summed E-state index contributed by atoms with van der Waals surface area (Å²) in [4.78, 5) is 20.4. The topological polar surface area (TPSA) is 83.6 Å². The van der Waals surface area contributed by atoms with E-state index in [1.165, 1.54) is 6.92 Å². The van der Waals surface area contributed by atoms with Gasteiger partial charge in [-0.05, 0) is 38.5 Å². The number of nitrogens with zero attached hydrogens (tertiary/aromatic N) is 3. The maximum absolute atomic E-state index is 13.3. The zero-order valence-corrected chi connectivity index (χ0v) is 14.1. The first-order valence-corrected chi connectivity index (χ1v) is 7.89. The summed E-state index contributed by atoms with van der Waals surface area (Å²) in [5.74, 6) is -0.627. The van der Waals surface area contributed by atoms with Gasteiger partial charge in [-0.2, -0.15) is 18.3 Å². The van der Waals surface area contributed by atoms with E-state index in [4.69, 9.17) is 0 Å². The molecule has 0 saturated carbocycles. The Morgan fingerprint density at radius 1 is 1.19 bits per heavy atom. The average molecular weight is 363 g/mol. The van der Waals surface area contributed by atoms with Gasteiger partial charge in [0.1, 0.15) is 0 Å². The molecular weight excluding hydrogens is 347 g/mol. The van der Waals surface area contributed by atoms with E-state index in [9.17, 15) is 18.0 Å². The van der Waals surface area contributed by atoms with Gasteiger partial charge in [0.15, 0.2) is 11.5 Å². The van der Waals surface area contributed by atoms with Crippen molar-refractivity contribution in [2.75, 3.05) is 5.32 Å². The predicted molar refractivity (Wildman–Crippen MR) is 89.6 cm³/mol. The van der Waals surface area contributed by atoms with Crippen molar-refractivity contribution in [1.29, 1.82) is 0 Å². The van der Waals surface area contributed by atoms with Gasteiger partial charge in [-0.1, -0.05) is 6.07 Å². The number of hydrogen-bond acceptors (Lipinski definition) is 4. The van der Waals surface area contributed by atoms with Crippen LogP contribution in [0, 0.1) is 13.8 Å². The fraction of sp³-hybridized carbons (Fsp3) is 0.294. The van der Waals surface area contributed by atoms with E-state index < -0.39 is 17.6 Å². The molecule has 0 spiro atoms. The number of amides is 1. The van der Waals surface area contributed by atoms with Crippen molar-refractivity contribution in [2.45, 2.75) is 32.9 Å². The third kappa shape index (κ3) is 3.81. The van der Waals surface area contributed by atoms with Gasteiger partial charge in [0, 0.05) is 23.5 Å². The molecule has 0 aliphatic heterocycles. The highest BCUT2D eigenvalue weighted by Gasteiger charge is 2.35. The molecule has 0 bridgehead atoms. The quantitative estimate of drug-likeness (QED) is 0.742. The number of H-pyrrole nitrogens is 1. The summed E-state index contributed by atoms with van der Waals surface area (Å²) >= 11 is 0. The van der Waals surface area contributed by atoms with Gasteiger partial charge >= 0.3 is 6.18 Å². The van der Waals surface area contributed by atoms with E-state index in [1.807, 2.05) is 19.1 Å². The Bertz CT molecular complexity index is 965. The Balaban J connectivity index is 1.81. The standard InChI is InChI=1S/C17H16F3N5O/c1-9-4-3-5-11(21-9)6-7-13(26)23-16-14-12(17(18,19)20)8-10(2)22-15(14)24-25-16/h3-5,8H,6-7H2,1-2H3,(H2,22,23,24,25,26). The highest BCUT2D eigenvalue weighted by Crippen LogP contribution is 2.37. The zero-order valence-electron chi connectivity index (χ0n) is 14.1. The summed E-state index contributed by atoms with van der Waals surface area (Å²) in [7, 11) is 0. The van der Waals surface area contributed by atoms with Crippen molar-refractivity contribution in [1.82, 2.24) is 20.2 Å². The molecular formula is C17H16F3N5O. The lowest BCUT2D eigenvalue weighted by Crippen LogP contribution is -2.14. The smallest absolute Gasteiger partial charge is 0.309 e. The molecule has 0 radical (unpaired) electrons. The van der Waals surface area contributed by atoms with Gasteiger partial charge in [-0.3, -0.25) is 14.9 Å². The number of aryl methyl sites for hydroxylation is 3. The maximum atomic E-state index is 13.3. The Morgan fingerprint density at radius 3 is 2.65 bits per heavy atom. The molecule has 0 aliphatic rings. The minimum absolute atomic E-state index is 0.0204. The predicted octanol–water partition coefficient (Wildman–Crippen LogP) is 3.56. The number of carbonyl (C=O) groups is 1. The summed E-state index contributed by atoms with van der Waals surface area (Å²) in [6.45, 7) is 3.30. The summed E-state index contributed by atoms with van der Waals surface area (Å²) in [5.41, 5.74) is 0.868. The van der Waals surface area contributed by atoms with Gasteiger partial charge in [0.25, 0.3) is 0 Å². The molecule has 3 heterocycles. The number of alkyl halides is 3. The molecule has 0 aromatic carbocycles. The fourth-order valence-corrected chi connectivity index (χ4v) is 2.65. The Morgan fingerprint density at radius 2 is 1.96 bits per heavy atom. The number of rotatable bonds is 4. The van der Waals surface area contributed by atoms with Crippen LogP contribution >= 0.6 is 0 Å². The Labute approximate surface area is 146 Å². The van der Waals surface area contributed by atoms with Crippen LogP contribution in [0.25, 0.3) is 11.0 Å². The van der Waals surface area contributed by atoms with E-state index in [2.05, 4.69) is 25.5 Å². The van der Waals surface area contributed by atoms with E-state index in [1.54, 1.807) is 6.07 Å². The summed E-state index contributed by atoms with van der Waals surface area (Å²) in [6, 6.07) is 6.40. The number of aromatic amines is 1. The summed E-state index contributed by atoms with van der Waals surface area (Å²) in [5, 5.41) is 8.41. The number of fused-ring (bicyclic) bond motifs is 1. The number of hydrogen-bond donors (Lipinski definition) is 2. The normalized spacial score (nSPS) is 11.7. The van der Waals surface area contributed by atoms with Crippen LogP contribution in [-0.2, 0) is 17.4 Å². The fourth-order valence-electron chi connectivity index (χ4n) is 2.65. The molecule has 136 valence electrons. The minimum atomic E-state index is -4.58. The van der Waals surface area contributed by atoms with E-state index in [0.717, 1.165) is 17.5 Å². The van der Waals surface area contributed by atoms with E-state index >= 15 is 0 Å².